The lowest BCUT2D eigenvalue weighted by atomic mass is 9.99. The van der Waals surface area contributed by atoms with Crippen molar-refractivity contribution in [2.45, 2.75) is 34.1 Å². The van der Waals surface area contributed by atoms with E-state index in [2.05, 4.69) is 0 Å². The summed E-state index contributed by atoms with van der Waals surface area (Å²) >= 11 is 0. The number of hydrogen-bond acceptors (Lipinski definition) is 8. The van der Waals surface area contributed by atoms with E-state index in [4.69, 9.17) is 18.9 Å². The molecule has 0 radical (unpaired) electrons. The molecule has 23 heavy (non-hydrogen) atoms. The van der Waals surface area contributed by atoms with E-state index in [-0.39, 0.29) is 32.0 Å². The molecule has 0 spiro atoms. The fourth-order valence-corrected chi connectivity index (χ4v) is 1.65. The van der Waals surface area contributed by atoms with Gasteiger partial charge in [-0.3, -0.25) is 9.59 Å². The number of ether oxygens (including phenoxy) is 4. The van der Waals surface area contributed by atoms with E-state index in [9.17, 15) is 19.5 Å². The highest BCUT2D eigenvalue weighted by molar-refractivity contribution is 5.98. The van der Waals surface area contributed by atoms with Crippen molar-refractivity contribution in [3.05, 3.63) is 11.5 Å². The van der Waals surface area contributed by atoms with Crippen LogP contribution in [-0.4, -0.2) is 49.4 Å². The molecule has 0 saturated carbocycles. The van der Waals surface area contributed by atoms with Crippen LogP contribution in [0.1, 0.15) is 34.1 Å². The number of rotatable bonds is 10. The van der Waals surface area contributed by atoms with E-state index in [1.807, 2.05) is 0 Å². The molecule has 132 valence electrons. The van der Waals surface area contributed by atoms with Crippen molar-refractivity contribution < 1.29 is 38.4 Å². The first-order valence-corrected chi connectivity index (χ1v) is 7.47. The molecule has 0 aromatic heterocycles. The maximum Gasteiger partial charge on any atom is 0.341 e. The summed E-state index contributed by atoms with van der Waals surface area (Å²) in [5.41, 5.74) is -0.320. The molecular formula is C15H24O8. The number of aliphatic hydroxyl groups is 1. The summed E-state index contributed by atoms with van der Waals surface area (Å²) in [6.45, 7) is 6.63. The molecule has 0 aliphatic heterocycles. The fraction of sp³-hybridized carbons (Fsp3) is 0.667. The van der Waals surface area contributed by atoms with E-state index in [0.29, 0.717) is 0 Å². The number of aliphatic hydroxyl groups excluding tert-OH is 1. The first kappa shape index (κ1) is 20.8. The van der Waals surface area contributed by atoms with Gasteiger partial charge in [0.15, 0.2) is 5.92 Å². The quantitative estimate of drug-likeness (QED) is 0.211. The average Bonchev–Trinajstić information content (AvgIpc) is 2.48. The summed E-state index contributed by atoms with van der Waals surface area (Å²) in [6, 6.07) is 0. The van der Waals surface area contributed by atoms with Gasteiger partial charge in [0, 0.05) is 6.42 Å². The monoisotopic (exact) mass is 332 g/mol. The Morgan fingerprint density at radius 2 is 1.22 bits per heavy atom. The van der Waals surface area contributed by atoms with Crippen LogP contribution in [0.3, 0.4) is 0 Å². The Kier molecular flexibility index (Phi) is 10.2. The summed E-state index contributed by atoms with van der Waals surface area (Å²) in [4.78, 5) is 35.8. The Bertz CT molecular complexity index is 423. The van der Waals surface area contributed by atoms with Crippen LogP contribution in [0.2, 0.25) is 0 Å². The van der Waals surface area contributed by atoms with E-state index in [1.54, 1.807) is 27.7 Å². The SMILES string of the molecule is CCOC(=O)C(CC(C(=O)OCC)C(=O)OCC)=C(O)OCC. The van der Waals surface area contributed by atoms with E-state index in [1.165, 1.54) is 0 Å². The second-order valence-electron chi connectivity index (χ2n) is 4.20. The van der Waals surface area contributed by atoms with E-state index >= 15 is 0 Å². The van der Waals surface area contributed by atoms with Crippen molar-refractivity contribution in [1.29, 1.82) is 0 Å². The van der Waals surface area contributed by atoms with Crippen LogP contribution in [0, 0.1) is 5.92 Å². The van der Waals surface area contributed by atoms with Gasteiger partial charge in [0.2, 0.25) is 0 Å². The van der Waals surface area contributed by atoms with Gasteiger partial charge in [-0.25, -0.2) is 4.79 Å². The van der Waals surface area contributed by atoms with Crippen LogP contribution in [0.25, 0.3) is 0 Å². The second kappa shape index (κ2) is 11.3. The third kappa shape index (κ3) is 7.03. The Labute approximate surface area is 135 Å². The molecule has 0 amide bonds. The zero-order valence-corrected chi connectivity index (χ0v) is 13.9. The molecule has 0 bridgehead atoms. The predicted molar refractivity (Wildman–Crippen MR) is 79.3 cm³/mol. The van der Waals surface area contributed by atoms with Crippen molar-refractivity contribution in [2.75, 3.05) is 26.4 Å². The van der Waals surface area contributed by atoms with Crippen LogP contribution >= 0.6 is 0 Å². The van der Waals surface area contributed by atoms with Gasteiger partial charge in [0.25, 0.3) is 5.95 Å². The summed E-state index contributed by atoms with van der Waals surface area (Å²) in [7, 11) is 0. The van der Waals surface area contributed by atoms with Gasteiger partial charge in [0.05, 0.1) is 26.4 Å². The number of carbonyl (C=O) groups is 3. The minimum absolute atomic E-state index is 0.0602. The largest absolute Gasteiger partial charge is 0.481 e. The Balaban J connectivity index is 5.49. The molecular weight excluding hydrogens is 308 g/mol. The lowest BCUT2D eigenvalue weighted by Crippen LogP contribution is -2.30. The summed E-state index contributed by atoms with van der Waals surface area (Å²) < 4.78 is 19.3. The van der Waals surface area contributed by atoms with Gasteiger partial charge in [-0.2, -0.15) is 0 Å². The summed E-state index contributed by atoms with van der Waals surface area (Å²) in [5, 5.41) is 9.83. The molecule has 0 aromatic rings. The molecule has 0 aliphatic carbocycles. The van der Waals surface area contributed by atoms with Gasteiger partial charge in [0.1, 0.15) is 5.57 Å². The highest BCUT2D eigenvalue weighted by Gasteiger charge is 2.34. The first-order valence-electron chi connectivity index (χ1n) is 7.47. The van der Waals surface area contributed by atoms with Gasteiger partial charge in [-0.1, -0.05) is 0 Å². The highest BCUT2D eigenvalue weighted by atomic mass is 16.6. The van der Waals surface area contributed by atoms with Crippen molar-refractivity contribution >= 4 is 17.9 Å². The minimum Gasteiger partial charge on any atom is -0.481 e. The zero-order valence-electron chi connectivity index (χ0n) is 13.9. The number of hydrogen-bond donors (Lipinski definition) is 1. The van der Waals surface area contributed by atoms with E-state index in [0.717, 1.165) is 0 Å². The van der Waals surface area contributed by atoms with Gasteiger partial charge >= 0.3 is 17.9 Å². The molecule has 1 N–H and O–H groups in total. The van der Waals surface area contributed by atoms with Crippen LogP contribution in [0.15, 0.2) is 11.5 Å². The van der Waals surface area contributed by atoms with Crippen LogP contribution in [-0.2, 0) is 33.3 Å². The topological polar surface area (TPSA) is 108 Å². The van der Waals surface area contributed by atoms with Crippen molar-refractivity contribution in [3.63, 3.8) is 0 Å². The molecule has 0 aliphatic rings. The predicted octanol–water partition coefficient (Wildman–Crippen LogP) is 1.49. The van der Waals surface area contributed by atoms with Gasteiger partial charge in [-0.15, -0.1) is 0 Å². The second-order valence-corrected chi connectivity index (χ2v) is 4.20. The molecule has 0 fully saturated rings. The van der Waals surface area contributed by atoms with Crippen molar-refractivity contribution in [1.82, 2.24) is 0 Å². The third-order valence-electron chi connectivity index (χ3n) is 2.61. The average molecular weight is 332 g/mol. The molecule has 8 nitrogen and oxygen atoms in total. The lowest BCUT2D eigenvalue weighted by Gasteiger charge is -2.16. The Morgan fingerprint density at radius 1 is 0.783 bits per heavy atom. The third-order valence-corrected chi connectivity index (χ3v) is 2.61. The summed E-state index contributed by atoms with van der Waals surface area (Å²) in [5.74, 6) is -4.66. The number of esters is 3. The minimum atomic E-state index is -1.39. The molecule has 0 unspecified atom stereocenters. The molecule has 0 rings (SSSR count). The lowest BCUT2D eigenvalue weighted by molar-refractivity contribution is -0.161. The normalized spacial score (nSPS) is 11.5. The van der Waals surface area contributed by atoms with Crippen molar-refractivity contribution in [2.24, 2.45) is 5.92 Å². The molecule has 0 atom stereocenters. The van der Waals surface area contributed by atoms with Crippen LogP contribution in [0.5, 0.6) is 0 Å². The molecule has 0 aromatic carbocycles. The standard InChI is InChI=1S/C15H24O8/c1-5-20-12(16)10(13(17)21-6-2)9-11(14(18)22-7-3)15(19)23-8-4/h10,18H,5-9H2,1-4H3. The van der Waals surface area contributed by atoms with E-state index < -0.39 is 36.2 Å². The van der Waals surface area contributed by atoms with Crippen LogP contribution in [0.4, 0.5) is 0 Å². The van der Waals surface area contributed by atoms with Gasteiger partial charge in [-0.05, 0) is 27.7 Å². The van der Waals surface area contributed by atoms with Gasteiger partial charge < -0.3 is 24.1 Å². The Morgan fingerprint density at radius 3 is 1.61 bits per heavy atom. The number of carbonyl (C=O) groups excluding carboxylic acids is 3. The maximum absolute atomic E-state index is 11.9. The fourth-order valence-electron chi connectivity index (χ4n) is 1.65. The molecule has 8 heteroatoms. The Hall–Kier alpha value is -2.25. The molecule has 0 saturated heterocycles. The smallest absolute Gasteiger partial charge is 0.341 e. The zero-order chi connectivity index (χ0) is 17.8. The highest BCUT2D eigenvalue weighted by Crippen LogP contribution is 2.20. The van der Waals surface area contributed by atoms with Crippen molar-refractivity contribution in [3.8, 4) is 0 Å². The molecule has 0 heterocycles. The summed E-state index contributed by atoms with van der Waals surface area (Å²) in [6.07, 6.45) is -0.442. The van der Waals surface area contributed by atoms with Crippen LogP contribution < -0.4 is 0 Å². The first-order chi connectivity index (χ1) is 10.9. The maximum atomic E-state index is 11.9.